The first kappa shape index (κ1) is 18.8. The fourth-order valence-corrected chi connectivity index (χ4v) is 2.53. The minimum absolute atomic E-state index is 0.0284. The highest BCUT2D eigenvalue weighted by molar-refractivity contribution is 6.31. The lowest BCUT2D eigenvalue weighted by atomic mass is 10.2. The number of amides is 2. The van der Waals surface area contributed by atoms with Gasteiger partial charge >= 0.3 is 0 Å². The van der Waals surface area contributed by atoms with Crippen LogP contribution in [0.4, 0.5) is 11.4 Å². The molecule has 2 aromatic rings. The Morgan fingerprint density at radius 1 is 1.12 bits per heavy atom. The molecule has 0 aliphatic rings. The van der Waals surface area contributed by atoms with Crippen molar-refractivity contribution in [2.45, 2.75) is 19.3 Å². The molecule has 0 aromatic heterocycles. The number of nitrogens with one attached hydrogen (secondary N) is 1. The molecule has 5 nitrogen and oxygen atoms in total. The molecule has 0 saturated carbocycles. The Morgan fingerprint density at radius 2 is 1.84 bits per heavy atom. The number of carbonyl (C=O) groups excluding carboxylic acids is 2. The number of hydrogen-bond acceptors (Lipinski definition) is 3. The maximum atomic E-state index is 12.2. The lowest BCUT2D eigenvalue weighted by molar-refractivity contribution is -0.118. The fraction of sp³-hybridized carbons (Fsp3) is 0.263. The molecule has 2 aromatic carbocycles. The molecule has 1 N–H and O–H groups in total. The van der Waals surface area contributed by atoms with Crippen LogP contribution in [0.5, 0.6) is 5.75 Å². The van der Waals surface area contributed by atoms with Gasteiger partial charge in [0.05, 0.1) is 12.8 Å². The van der Waals surface area contributed by atoms with E-state index in [2.05, 4.69) is 5.32 Å². The first-order valence-electron chi connectivity index (χ1n) is 7.96. The van der Waals surface area contributed by atoms with E-state index < -0.39 is 0 Å². The molecule has 0 heterocycles. The standard InChI is InChI=1S/C19H21ClN2O3/c1-22(15-7-4-3-5-8-15)19(24)10-6-9-18(23)21-16-13-14(20)11-12-17(16)25-2/h3-5,7-8,11-13H,6,9-10H2,1-2H3,(H,21,23). The highest BCUT2D eigenvalue weighted by Crippen LogP contribution is 2.27. The molecule has 0 saturated heterocycles. The van der Waals surface area contributed by atoms with Gasteiger partial charge in [0.15, 0.2) is 0 Å². The highest BCUT2D eigenvalue weighted by atomic mass is 35.5. The van der Waals surface area contributed by atoms with Crippen molar-refractivity contribution in [3.8, 4) is 5.75 Å². The van der Waals surface area contributed by atoms with Gasteiger partial charge in [-0.1, -0.05) is 29.8 Å². The first-order chi connectivity index (χ1) is 12.0. The molecule has 0 radical (unpaired) electrons. The molecule has 0 atom stereocenters. The van der Waals surface area contributed by atoms with Gasteiger partial charge in [-0.3, -0.25) is 9.59 Å². The molecule has 0 fully saturated rings. The number of halogens is 1. The van der Waals surface area contributed by atoms with Crippen molar-refractivity contribution in [2.24, 2.45) is 0 Å². The average Bonchev–Trinajstić information content (AvgIpc) is 2.62. The summed E-state index contributed by atoms with van der Waals surface area (Å²) in [5, 5.41) is 3.27. The largest absolute Gasteiger partial charge is 0.495 e. The van der Waals surface area contributed by atoms with Crippen molar-refractivity contribution in [3.05, 3.63) is 53.6 Å². The van der Waals surface area contributed by atoms with Crippen molar-refractivity contribution in [2.75, 3.05) is 24.4 Å². The second-order valence-corrected chi connectivity index (χ2v) is 5.97. The Balaban J connectivity index is 1.82. The van der Waals surface area contributed by atoms with Crippen molar-refractivity contribution in [1.29, 1.82) is 0 Å². The molecule has 0 aliphatic carbocycles. The maximum Gasteiger partial charge on any atom is 0.226 e. The Morgan fingerprint density at radius 3 is 2.52 bits per heavy atom. The minimum Gasteiger partial charge on any atom is -0.495 e. The zero-order valence-corrected chi connectivity index (χ0v) is 15.0. The molecule has 25 heavy (non-hydrogen) atoms. The Kier molecular flexibility index (Phi) is 6.83. The van der Waals surface area contributed by atoms with Gasteiger partial charge in [-0.2, -0.15) is 0 Å². The van der Waals surface area contributed by atoms with Crippen LogP contribution in [0.25, 0.3) is 0 Å². The van der Waals surface area contributed by atoms with Gasteiger partial charge in [0.1, 0.15) is 5.75 Å². The number of methoxy groups -OCH3 is 1. The molecule has 0 bridgehead atoms. The van der Waals surface area contributed by atoms with Crippen LogP contribution in [0.2, 0.25) is 5.02 Å². The SMILES string of the molecule is COc1ccc(Cl)cc1NC(=O)CCCC(=O)N(C)c1ccccc1. The van der Waals surface area contributed by atoms with Gasteiger partial charge in [-0.05, 0) is 36.8 Å². The van der Waals surface area contributed by atoms with E-state index in [0.717, 1.165) is 5.69 Å². The van der Waals surface area contributed by atoms with Crippen molar-refractivity contribution in [3.63, 3.8) is 0 Å². The monoisotopic (exact) mass is 360 g/mol. The van der Waals surface area contributed by atoms with E-state index in [1.54, 1.807) is 30.1 Å². The predicted molar refractivity (Wildman–Crippen MR) is 100 cm³/mol. The summed E-state index contributed by atoms with van der Waals surface area (Å²) in [6.07, 6.45) is 1.00. The third-order valence-electron chi connectivity index (χ3n) is 3.75. The second-order valence-electron chi connectivity index (χ2n) is 5.53. The quantitative estimate of drug-likeness (QED) is 0.808. The molecular formula is C19H21ClN2O3. The summed E-state index contributed by atoms with van der Waals surface area (Å²) < 4.78 is 5.19. The second kappa shape index (κ2) is 9.08. The summed E-state index contributed by atoms with van der Waals surface area (Å²) >= 11 is 5.94. The van der Waals surface area contributed by atoms with E-state index in [1.807, 2.05) is 30.3 Å². The summed E-state index contributed by atoms with van der Waals surface area (Å²) in [4.78, 5) is 25.9. The molecular weight excluding hydrogens is 340 g/mol. The third-order valence-corrected chi connectivity index (χ3v) is 3.98. The van der Waals surface area contributed by atoms with Crippen LogP contribution >= 0.6 is 11.6 Å². The number of ether oxygens (including phenoxy) is 1. The number of nitrogens with zero attached hydrogens (tertiary/aromatic N) is 1. The van der Waals surface area contributed by atoms with Gasteiger partial charge in [0, 0.05) is 30.6 Å². The number of carbonyl (C=O) groups is 2. The van der Waals surface area contributed by atoms with Crippen LogP contribution in [0.1, 0.15) is 19.3 Å². The molecule has 132 valence electrons. The van der Waals surface area contributed by atoms with E-state index in [9.17, 15) is 9.59 Å². The van der Waals surface area contributed by atoms with Crippen LogP contribution in [-0.2, 0) is 9.59 Å². The number of rotatable bonds is 7. The van der Waals surface area contributed by atoms with Crippen LogP contribution < -0.4 is 15.0 Å². The summed E-state index contributed by atoms with van der Waals surface area (Å²) in [5.74, 6) is 0.327. The fourth-order valence-electron chi connectivity index (χ4n) is 2.35. The van der Waals surface area contributed by atoms with Crippen LogP contribution in [0.3, 0.4) is 0 Å². The Labute approximate surface area is 152 Å². The molecule has 2 amide bonds. The third kappa shape index (κ3) is 5.50. The lowest BCUT2D eigenvalue weighted by Crippen LogP contribution is -2.26. The molecule has 0 aliphatic heterocycles. The van der Waals surface area contributed by atoms with Crippen LogP contribution in [0, 0.1) is 0 Å². The van der Waals surface area contributed by atoms with Crippen LogP contribution in [-0.4, -0.2) is 26.0 Å². The Hall–Kier alpha value is -2.53. The zero-order valence-electron chi connectivity index (χ0n) is 14.3. The Bertz CT molecular complexity index is 735. The first-order valence-corrected chi connectivity index (χ1v) is 8.34. The van der Waals surface area contributed by atoms with E-state index in [4.69, 9.17) is 16.3 Å². The highest BCUT2D eigenvalue weighted by Gasteiger charge is 2.12. The van der Waals surface area contributed by atoms with E-state index >= 15 is 0 Å². The summed E-state index contributed by atoms with van der Waals surface area (Å²) in [6, 6.07) is 14.4. The molecule has 6 heteroatoms. The van der Waals surface area contributed by atoms with Gasteiger partial charge in [0.2, 0.25) is 11.8 Å². The molecule has 0 unspecified atom stereocenters. The number of hydrogen-bond donors (Lipinski definition) is 1. The maximum absolute atomic E-state index is 12.2. The summed E-state index contributed by atoms with van der Waals surface area (Å²) in [5.41, 5.74) is 1.35. The molecule has 2 rings (SSSR count). The smallest absolute Gasteiger partial charge is 0.226 e. The number of anilines is 2. The van der Waals surface area contributed by atoms with Gasteiger partial charge in [-0.15, -0.1) is 0 Å². The van der Waals surface area contributed by atoms with E-state index in [0.29, 0.717) is 29.3 Å². The topological polar surface area (TPSA) is 58.6 Å². The normalized spacial score (nSPS) is 10.2. The average molecular weight is 361 g/mol. The zero-order chi connectivity index (χ0) is 18.2. The van der Waals surface area contributed by atoms with Gasteiger partial charge < -0.3 is 15.0 Å². The minimum atomic E-state index is -0.185. The lowest BCUT2D eigenvalue weighted by Gasteiger charge is -2.17. The van der Waals surface area contributed by atoms with E-state index in [1.165, 1.54) is 7.11 Å². The predicted octanol–water partition coefficient (Wildman–Crippen LogP) is 4.12. The number of para-hydroxylation sites is 1. The number of benzene rings is 2. The van der Waals surface area contributed by atoms with Crippen molar-refractivity contribution < 1.29 is 14.3 Å². The van der Waals surface area contributed by atoms with Crippen molar-refractivity contribution in [1.82, 2.24) is 0 Å². The van der Waals surface area contributed by atoms with Crippen LogP contribution in [0.15, 0.2) is 48.5 Å². The summed E-state index contributed by atoms with van der Waals surface area (Å²) in [7, 11) is 3.26. The van der Waals surface area contributed by atoms with E-state index in [-0.39, 0.29) is 18.2 Å². The summed E-state index contributed by atoms with van der Waals surface area (Å²) in [6.45, 7) is 0. The molecule has 0 spiro atoms. The van der Waals surface area contributed by atoms with Crippen molar-refractivity contribution >= 4 is 34.8 Å². The van der Waals surface area contributed by atoms with Gasteiger partial charge in [-0.25, -0.2) is 0 Å². The van der Waals surface area contributed by atoms with Gasteiger partial charge in [0.25, 0.3) is 0 Å².